The monoisotopic (exact) mass is 253 g/mol. The van der Waals surface area contributed by atoms with Gasteiger partial charge in [-0.3, -0.25) is 0 Å². The van der Waals surface area contributed by atoms with Crippen molar-refractivity contribution in [3.63, 3.8) is 0 Å². The van der Waals surface area contributed by atoms with Crippen LogP contribution in [0.2, 0.25) is 0 Å². The van der Waals surface area contributed by atoms with Crippen molar-refractivity contribution in [2.75, 3.05) is 32.6 Å². The number of aliphatic hydroxyl groups excluding tert-OH is 1. The van der Waals surface area contributed by atoms with E-state index in [0.717, 1.165) is 0 Å². The Morgan fingerprint density at radius 2 is 1.94 bits per heavy atom. The van der Waals surface area contributed by atoms with Gasteiger partial charge in [-0.25, -0.2) is 8.42 Å². The van der Waals surface area contributed by atoms with Crippen LogP contribution in [0.3, 0.4) is 0 Å². The van der Waals surface area contributed by atoms with Crippen molar-refractivity contribution in [2.24, 2.45) is 0 Å². The molecule has 0 aliphatic heterocycles. The Labute approximate surface area is 98.5 Å². The fourth-order valence-corrected chi connectivity index (χ4v) is 3.21. The van der Waals surface area contributed by atoms with E-state index < -0.39 is 10.0 Å². The molecule has 0 saturated carbocycles. The fraction of sp³-hybridized carbons (Fsp3) is 1.00. The highest BCUT2D eigenvalue weighted by Crippen LogP contribution is 2.09. The molecule has 0 aromatic heterocycles. The third-order valence-electron chi connectivity index (χ3n) is 2.26. The molecule has 16 heavy (non-hydrogen) atoms. The van der Waals surface area contributed by atoms with Gasteiger partial charge in [0.1, 0.15) is 0 Å². The Bertz CT molecular complexity index is 264. The highest BCUT2D eigenvalue weighted by atomic mass is 32.2. The molecule has 0 bridgehead atoms. The lowest BCUT2D eigenvalue weighted by Crippen LogP contribution is -2.40. The first-order chi connectivity index (χ1) is 7.45. The van der Waals surface area contributed by atoms with Crippen LogP contribution in [0.5, 0.6) is 0 Å². The lowest BCUT2D eigenvalue weighted by Gasteiger charge is -2.25. The van der Waals surface area contributed by atoms with Gasteiger partial charge >= 0.3 is 0 Å². The van der Waals surface area contributed by atoms with Crippen LogP contribution in [0, 0.1) is 0 Å². The maximum absolute atomic E-state index is 11.9. The quantitative estimate of drug-likeness (QED) is 0.606. The van der Waals surface area contributed by atoms with E-state index in [0.29, 0.717) is 26.0 Å². The van der Waals surface area contributed by atoms with Crippen molar-refractivity contribution in [3.05, 3.63) is 0 Å². The fourth-order valence-electron chi connectivity index (χ4n) is 1.41. The second kappa shape index (κ2) is 8.00. The van der Waals surface area contributed by atoms with Gasteiger partial charge in [0.15, 0.2) is 0 Å². The molecule has 5 nitrogen and oxygen atoms in total. The summed E-state index contributed by atoms with van der Waals surface area (Å²) in [5.74, 6) is 0.0927. The average Bonchev–Trinajstić information content (AvgIpc) is 2.17. The van der Waals surface area contributed by atoms with Gasteiger partial charge in [0.2, 0.25) is 10.0 Å². The zero-order valence-corrected chi connectivity index (χ0v) is 11.2. The minimum atomic E-state index is -3.22. The molecule has 1 N–H and O–H groups in total. The standard InChI is InChI=1S/C10H23NO4S/c1-10(2)11(6-8-15-3)16(13,14)9-5-4-7-12/h10,12H,4-9H2,1-3H3. The second-order valence-electron chi connectivity index (χ2n) is 3.94. The van der Waals surface area contributed by atoms with E-state index in [-0.39, 0.29) is 18.4 Å². The van der Waals surface area contributed by atoms with E-state index in [1.165, 1.54) is 4.31 Å². The summed E-state index contributed by atoms with van der Waals surface area (Å²) in [6, 6.07) is -0.0609. The highest BCUT2D eigenvalue weighted by Gasteiger charge is 2.23. The summed E-state index contributed by atoms with van der Waals surface area (Å²) in [6.45, 7) is 4.51. The normalized spacial score (nSPS) is 12.6. The number of ether oxygens (including phenoxy) is 1. The first-order valence-corrected chi connectivity index (χ1v) is 7.16. The van der Waals surface area contributed by atoms with Crippen molar-refractivity contribution in [3.8, 4) is 0 Å². The molecule has 6 heteroatoms. The molecule has 0 unspecified atom stereocenters. The molecule has 0 aliphatic carbocycles. The predicted molar refractivity (Wildman–Crippen MR) is 63.8 cm³/mol. The van der Waals surface area contributed by atoms with Crippen LogP contribution in [-0.4, -0.2) is 56.5 Å². The summed E-state index contributed by atoms with van der Waals surface area (Å²) in [4.78, 5) is 0. The Morgan fingerprint density at radius 3 is 2.38 bits per heavy atom. The number of rotatable bonds is 9. The van der Waals surface area contributed by atoms with E-state index in [9.17, 15) is 8.42 Å². The van der Waals surface area contributed by atoms with Crippen molar-refractivity contribution in [1.29, 1.82) is 0 Å². The van der Waals surface area contributed by atoms with Gasteiger partial charge in [-0.15, -0.1) is 0 Å². The van der Waals surface area contributed by atoms with Crippen LogP contribution >= 0.6 is 0 Å². The minimum absolute atomic E-state index is 0.0370. The van der Waals surface area contributed by atoms with Crippen molar-refractivity contribution in [2.45, 2.75) is 32.7 Å². The molecule has 0 spiro atoms. The Kier molecular flexibility index (Phi) is 7.91. The van der Waals surface area contributed by atoms with Crippen molar-refractivity contribution in [1.82, 2.24) is 4.31 Å². The lowest BCUT2D eigenvalue weighted by molar-refractivity contribution is 0.171. The third-order valence-corrected chi connectivity index (χ3v) is 4.38. The van der Waals surface area contributed by atoms with Crippen LogP contribution in [0.4, 0.5) is 0 Å². The molecule has 0 saturated heterocycles. The summed E-state index contributed by atoms with van der Waals surface area (Å²) in [7, 11) is -1.67. The molecule has 0 radical (unpaired) electrons. The Hall–Kier alpha value is -0.170. The highest BCUT2D eigenvalue weighted by molar-refractivity contribution is 7.89. The topological polar surface area (TPSA) is 66.8 Å². The predicted octanol–water partition coefficient (Wildman–Crippen LogP) is 0.446. The van der Waals surface area contributed by atoms with E-state index in [1.807, 2.05) is 13.8 Å². The number of methoxy groups -OCH3 is 1. The van der Waals surface area contributed by atoms with Crippen LogP contribution < -0.4 is 0 Å². The lowest BCUT2D eigenvalue weighted by atomic mass is 10.4. The van der Waals surface area contributed by atoms with Crippen molar-refractivity contribution >= 4 is 10.0 Å². The molecular formula is C10H23NO4S. The second-order valence-corrected chi connectivity index (χ2v) is 5.99. The van der Waals surface area contributed by atoms with Gasteiger partial charge in [0.05, 0.1) is 12.4 Å². The smallest absolute Gasteiger partial charge is 0.214 e. The van der Waals surface area contributed by atoms with Crippen LogP contribution in [-0.2, 0) is 14.8 Å². The minimum Gasteiger partial charge on any atom is -0.396 e. The molecule has 0 aromatic rings. The largest absolute Gasteiger partial charge is 0.396 e. The van der Waals surface area contributed by atoms with Crippen LogP contribution in [0.15, 0.2) is 0 Å². The summed E-state index contributed by atoms with van der Waals surface area (Å²) in [6.07, 6.45) is 1.02. The summed E-state index contributed by atoms with van der Waals surface area (Å²) in [5.41, 5.74) is 0. The molecule has 0 aromatic carbocycles. The van der Waals surface area contributed by atoms with E-state index >= 15 is 0 Å². The van der Waals surface area contributed by atoms with E-state index in [1.54, 1.807) is 7.11 Å². The van der Waals surface area contributed by atoms with Crippen LogP contribution in [0.1, 0.15) is 26.7 Å². The molecule has 0 amide bonds. The van der Waals surface area contributed by atoms with E-state index in [4.69, 9.17) is 9.84 Å². The molecule has 98 valence electrons. The van der Waals surface area contributed by atoms with Gasteiger partial charge in [-0.2, -0.15) is 4.31 Å². The first-order valence-electron chi connectivity index (χ1n) is 5.55. The van der Waals surface area contributed by atoms with Crippen molar-refractivity contribution < 1.29 is 18.3 Å². The number of sulfonamides is 1. The van der Waals surface area contributed by atoms with Gasteiger partial charge in [0.25, 0.3) is 0 Å². The summed E-state index contributed by atoms with van der Waals surface area (Å²) < 4.78 is 30.2. The Morgan fingerprint density at radius 1 is 1.31 bits per heavy atom. The molecule has 0 heterocycles. The maximum atomic E-state index is 11.9. The van der Waals surface area contributed by atoms with E-state index in [2.05, 4.69) is 0 Å². The summed E-state index contributed by atoms with van der Waals surface area (Å²) in [5, 5.41) is 8.62. The number of hydrogen-bond acceptors (Lipinski definition) is 4. The zero-order valence-electron chi connectivity index (χ0n) is 10.3. The molecule has 0 fully saturated rings. The Balaban J connectivity index is 4.38. The maximum Gasteiger partial charge on any atom is 0.214 e. The molecule has 0 rings (SSSR count). The van der Waals surface area contributed by atoms with Gasteiger partial charge in [-0.1, -0.05) is 0 Å². The molecule has 0 atom stereocenters. The van der Waals surface area contributed by atoms with Gasteiger partial charge in [0, 0.05) is 26.3 Å². The molecular weight excluding hydrogens is 230 g/mol. The van der Waals surface area contributed by atoms with Crippen LogP contribution in [0.25, 0.3) is 0 Å². The number of nitrogens with zero attached hydrogens (tertiary/aromatic N) is 1. The van der Waals surface area contributed by atoms with Gasteiger partial charge < -0.3 is 9.84 Å². The average molecular weight is 253 g/mol. The number of unbranched alkanes of at least 4 members (excludes halogenated alkanes) is 1. The SMILES string of the molecule is COCCN(C(C)C)S(=O)(=O)CCCCO. The number of aliphatic hydroxyl groups is 1. The zero-order chi connectivity index (χ0) is 12.6. The molecule has 0 aliphatic rings. The first kappa shape index (κ1) is 15.8. The number of hydrogen-bond donors (Lipinski definition) is 1. The van der Waals surface area contributed by atoms with Gasteiger partial charge in [-0.05, 0) is 26.7 Å². The summed E-state index contributed by atoms with van der Waals surface area (Å²) >= 11 is 0. The third kappa shape index (κ3) is 5.79.